The maximum atomic E-state index is 14.0. The van der Waals surface area contributed by atoms with Gasteiger partial charge >= 0.3 is 0 Å². The average Bonchev–Trinajstić information content (AvgIpc) is 2.62. The summed E-state index contributed by atoms with van der Waals surface area (Å²) in [7, 11) is 0. The van der Waals surface area contributed by atoms with E-state index in [9.17, 15) is 8.78 Å². The zero-order valence-electron chi connectivity index (χ0n) is 12.8. The maximum Gasteiger partial charge on any atom is 0.149 e. The number of para-hydroxylation sites is 1. The fraction of sp³-hybridized carbons (Fsp3) is 0.222. The van der Waals surface area contributed by atoms with Crippen LogP contribution in [0.4, 0.5) is 14.6 Å². The maximum absolute atomic E-state index is 14.0. The summed E-state index contributed by atoms with van der Waals surface area (Å²) in [6.07, 6.45) is 0.965. The lowest BCUT2D eigenvalue weighted by Gasteiger charge is -2.34. The van der Waals surface area contributed by atoms with Crippen molar-refractivity contribution < 1.29 is 13.5 Å². The Kier molecular flexibility index (Phi) is 3.82. The SMILES string of the molecule is Fc1ccccc1C1CN(c2ncnc3c(F)cccc23)CCO1. The lowest BCUT2D eigenvalue weighted by molar-refractivity contribution is 0.0373. The molecule has 1 aliphatic heterocycles. The van der Waals surface area contributed by atoms with Gasteiger partial charge in [-0.25, -0.2) is 18.7 Å². The number of hydrogen-bond acceptors (Lipinski definition) is 4. The molecular weight excluding hydrogens is 312 g/mol. The van der Waals surface area contributed by atoms with Crippen LogP contribution in [-0.2, 0) is 4.74 Å². The highest BCUT2D eigenvalue weighted by Crippen LogP contribution is 2.30. The van der Waals surface area contributed by atoms with Crippen LogP contribution in [0.2, 0.25) is 0 Å². The van der Waals surface area contributed by atoms with E-state index in [0.717, 1.165) is 0 Å². The number of halogens is 2. The van der Waals surface area contributed by atoms with E-state index in [1.54, 1.807) is 30.3 Å². The number of rotatable bonds is 2. The van der Waals surface area contributed by atoms with E-state index in [2.05, 4.69) is 9.97 Å². The Bertz CT molecular complexity index is 887. The number of benzene rings is 2. The van der Waals surface area contributed by atoms with Crippen LogP contribution >= 0.6 is 0 Å². The van der Waals surface area contributed by atoms with Crippen molar-refractivity contribution in [1.82, 2.24) is 9.97 Å². The number of fused-ring (bicyclic) bond motifs is 1. The molecular formula is C18H15F2N3O. The summed E-state index contributed by atoms with van der Waals surface area (Å²) >= 11 is 0. The standard InChI is InChI=1S/C18H15F2N3O/c19-14-6-2-1-4-12(14)16-10-23(8-9-24-16)18-13-5-3-7-15(20)17(13)21-11-22-18/h1-7,11,16H,8-10H2. The molecule has 122 valence electrons. The van der Waals surface area contributed by atoms with Crippen LogP contribution < -0.4 is 4.90 Å². The highest BCUT2D eigenvalue weighted by molar-refractivity contribution is 5.89. The molecule has 1 saturated heterocycles. The van der Waals surface area contributed by atoms with Gasteiger partial charge in [-0.1, -0.05) is 24.3 Å². The lowest BCUT2D eigenvalue weighted by Crippen LogP contribution is -2.39. The zero-order valence-corrected chi connectivity index (χ0v) is 12.8. The van der Waals surface area contributed by atoms with Crippen LogP contribution in [0.15, 0.2) is 48.8 Å². The van der Waals surface area contributed by atoms with Gasteiger partial charge < -0.3 is 9.64 Å². The van der Waals surface area contributed by atoms with Crippen molar-refractivity contribution in [3.8, 4) is 0 Å². The third-order valence-corrected chi connectivity index (χ3v) is 4.21. The quantitative estimate of drug-likeness (QED) is 0.722. The Morgan fingerprint density at radius 2 is 1.83 bits per heavy atom. The van der Waals surface area contributed by atoms with E-state index in [-0.39, 0.29) is 17.2 Å². The number of hydrogen-bond donors (Lipinski definition) is 0. The second kappa shape index (κ2) is 6.13. The number of anilines is 1. The van der Waals surface area contributed by atoms with Gasteiger partial charge in [0.15, 0.2) is 0 Å². The molecule has 1 aromatic heterocycles. The first-order chi connectivity index (χ1) is 11.7. The molecule has 0 amide bonds. The van der Waals surface area contributed by atoms with Gasteiger partial charge in [-0.15, -0.1) is 0 Å². The molecule has 2 heterocycles. The summed E-state index contributed by atoms with van der Waals surface area (Å²) in [5.74, 6) is -0.0258. The summed E-state index contributed by atoms with van der Waals surface area (Å²) in [5, 5.41) is 0.645. The number of ether oxygens (including phenoxy) is 1. The van der Waals surface area contributed by atoms with Gasteiger partial charge in [0.25, 0.3) is 0 Å². The molecule has 0 radical (unpaired) electrons. The first kappa shape index (κ1) is 15.0. The molecule has 0 bridgehead atoms. The second-order valence-corrected chi connectivity index (χ2v) is 5.66. The minimum atomic E-state index is -0.390. The van der Waals surface area contributed by atoms with Crippen molar-refractivity contribution in [3.63, 3.8) is 0 Å². The summed E-state index contributed by atoms with van der Waals surface area (Å²) in [4.78, 5) is 10.3. The van der Waals surface area contributed by atoms with Gasteiger partial charge in [-0.3, -0.25) is 0 Å². The van der Waals surface area contributed by atoms with E-state index in [4.69, 9.17) is 4.74 Å². The van der Waals surface area contributed by atoms with E-state index < -0.39 is 6.10 Å². The van der Waals surface area contributed by atoms with Crippen LogP contribution in [0.25, 0.3) is 10.9 Å². The Hall–Kier alpha value is -2.60. The molecule has 6 heteroatoms. The largest absolute Gasteiger partial charge is 0.370 e. The topological polar surface area (TPSA) is 38.2 Å². The van der Waals surface area contributed by atoms with Crippen LogP contribution in [-0.4, -0.2) is 29.7 Å². The molecule has 1 unspecified atom stereocenters. The first-order valence-electron chi connectivity index (χ1n) is 7.74. The molecule has 1 aliphatic rings. The van der Waals surface area contributed by atoms with Gasteiger partial charge in [0.2, 0.25) is 0 Å². The molecule has 0 spiro atoms. The van der Waals surface area contributed by atoms with Crippen molar-refractivity contribution in [1.29, 1.82) is 0 Å². The number of aromatic nitrogens is 2. The lowest BCUT2D eigenvalue weighted by atomic mass is 10.1. The summed E-state index contributed by atoms with van der Waals surface area (Å²) in [6.45, 7) is 1.50. The van der Waals surface area contributed by atoms with Crippen LogP contribution in [0.3, 0.4) is 0 Å². The van der Waals surface area contributed by atoms with Gasteiger partial charge in [-0.2, -0.15) is 0 Å². The molecule has 2 aromatic carbocycles. The van der Waals surface area contributed by atoms with Crippen LogP contribution in [0, 0.1) is 11.6 Å². The first-order valence-corrected chi connectivity index (χ1v) is 7.74. The van der Waals surface area contributed by atoms with Crippen LogP contribution in [0.1, 0.15) is 11.7 Å². The van der Waals surface area contributed by atoms with Crippen molar-refractivity contribution in [2.24, 2.45) is 0 Å². The third kappa shape index (κ3) is 2.59. The normalized spacial score (nSPS) is 18.1. The fourth-order valence-electron chi connectivity index (χ4n) is 3.06. The highest BCUT2D eigenvalue weighted by Gasteiger charge is 2.26. The Morgan fingerprint density at radius 3 is 2.71 bits per heavy atom. The molecule has 4 rings (SSSR count). The summed E-state index contributed by atoms with van der Waals surface area (Å²) < 4.78 is 33.7. The molecule has 24 heavy (non-hydrogen) atoms. The number of nitrogens with zero attached hydrogens (tertiary/aromatic N) is 3. The predicted molar refractivity (Wildman–Crippen MR) is 86.8 cm³/mol. The molecule has 0 saturated carbocycles. The molecule has 0 aliphatic carbocycles. The minimum absolute atomic E-state index is 0.288. The smallest absolute Gasteiger partial charge is 0.149 e. The molecule has 4 nitrogen and oxygen atoms in total. The van der Waals surface area contributed by atoms with Crippen molar-refractivity contribution in [3.05, 3.63) is 66.0 Å². The van der Waals surface area contributed by atoms with Crippen molar-refractivity contribution >= 4 is 16.7 Å². The van der Waals surface area contributed by atoms with Gasteiger partial charge in [0, 0.05) is 24.0 Å². The van der Waals surface area contributed by atoms with Crippen LogP contribution in [0.5, 0.6) is 0 Å². The van der Waals surface area contributed by atoms with Gasteiger partial charge in [-0.05, 0) is 18.2 Å². The van der Waals surface area contributed by atoms with Crippen molar-refractivity contribution in [2.45, 2.75) is 6.10 Å². The Morgan fingerprint density at radius 1 is 1.00 bits per heavy atom. The monoisotopic (exact) mass is 327 g/mol. The zero-order chi connectivity index (χ0) is 16.5. The number of morpholine rings is 1. The summed E-state index contributed by atoms with van der Waals surface area (Å²) in [6, 6.07) is 11.4. The third-order valence-electron chi connectivity index (χ3n) is 4.21. The minimum Gasteiger partial charge on any atom is -0.370 e. The second-order valence-electron chi connectivity index (χ2n) is 5.66. The molecule has 0 N–H and O–H groups in total. The average molecular weight is 327 g/mol. The molecule has 3 aromatic rings. The predicted octanol–water partition coefficient (Wildman–Crippen LogP) is 3.49. The van der Waals surface area contributed by atoms with Crippen molar-refractivity contribution in [2.75, 3.05) is 24.6 Å². The molecule has 1 fully saturated rings. The molecule has 1 atom stereocenters. The Labute approximate surface area is 137 Å². The summed E-state index contributed by atoms with van der Waals surface area (Å²) in [5.41, 5.74) is 0.808. The van der Waals surface area contributed by atoms with E-state index >= 15 is 0 Å². The van der Waals surface area contributed by atoms with Gasteiger partial charge in [0.1, 0.15) is 35.4 Å². The van der Waals surface area contributed by atoms with E-state index in [1.165, 1.54) is 18.5 Å². The fourth-order valence-corrected chi connectivity index (χ4v) is 3.06. The van der Waals surface area contributed by atoms with E-state index in [0.29, 0.717) is 36.5 Å². The highest BCUT2D eigenvalue weighted by atomic mass is 19.1. The van der Waals surface area contributed by atoms with Gasteiger partial charge in [0.05, 0.1) is 6.61 Å². The Balaban J connectivity index is 1.70. The van der Waals surface area contributed by atoms with E-state index in [1.807, 2.05) is 4.90 Å².